The topological polar surface area (TPSA) is 286 Å². The lowest BCUT2D eigenvalue weighted by Crippen LogP contribution is -2.36. The number of aliphatic hydroxyl groups excluding tert-OH is 3. The average Bonchev–Trinajstić information content (AvgIpc) is 3.64. The first-order valence-corrected chi connectivity index (χ1v) is 30.6. The molecule has 1 aromatic heterocycles. The van der Waals surface area contributed by atoms with E-state index in [1.165, 1.54) is 83.1 Å². The van der Waals surface area contributed by atoms with Crippen LogP contribution in [-0.4, -0.2) is 97.4 Å². The van der Waals surface area contributed by atoms with Crippen molar-refractivity contribution in [3.05, 3.63) is 71.4 Å². The molecule has 1 aliphatic heterocycles. The van der Waals surface area contributed by atoms with Gasteiger partial charge in [-0.25, -0.2) is 13.9 Å². The van der Waals surface area contributed by atoms with Crippen LogP contribution in [0.2, 0.25) is 0 Å². The van der Waals surface area contributed by atoms with E-state index in [1.54, 1.807) is 0 Å². The zero-order chi connectivity index (χ0) is 55.0. The molecule has 19 nitrogen and oxygen atoms in total. The number of allylic oxidation sites excluding steroid dienone is 8. The number of nitrogens with two attached hydrogens (primary N) is 1. The summed E-state index contributed by atoms with van der Waals surface area (Å²) in [7, 11) is -10.9. The van der Waals surface area contributed by atoms with Gasteiger partial charge in [0.1, 0.15) is 30.7 Å². The number of nitrogens with zero attached hydrogens (tertiary/aromatic N) is 2. The lowest BCUT2D eigenvalue weighted by Gasteiger charge is -2.21. The predicted molar refractivity (Wildman–Crippen MR) is 290 cm³/mol. The van der Waals surface area contributed by atoms with Gasteiger partial charge in [0.05, 0.1) is 13.2 Å². The van der Waals surface area contributed by atoms with Gasteiger partial charge < -0.3 is 45.1 Å². The number of carbonyl (C=O) groups is 2. The molecule has 0 saturated carbocycles. The molecule has 0 amide bonds. The molecule has 1 aliphatic rings. The molecule has 0 radical (unpaired) electrons. The van der Waals surface area contributed by atoms with E-state index in [0.29, 0.717) is 19.3 Å². The van der Waals surface area contributed by atoms with E-state index >= 15 is 0 Å². The van der Waals surface area contributed by atoms with Crippen LogP contribution >= 0.6 is 15.6 Å². The highest BCUT2D eigenvalue weighted by Crippen LogP contribution is 2.60. The summed E-state index contributed by atoms with van der Waals surface area (Å²) < 4.78 is 56.9. The molecule has 7 N–H and O–H groups in total. The molecule has 2 heterocycles. The lowest BCUT2D eigenvalue weighted by molar-refractivity contribution is -0.161. The van der Waals surface area contributed by atoms with E-state index in [1.807, 2.05) is 12.2 Å². The zero-order valence-electron chi connectivity index (χ0n) is 45.0. The second-order valence-corrected chi connectivity index (χ2v) is 22.7. The fraction of sp³-hybridized carbons (Fsp3) is 0.741. The average molecular weight is 1100 g/mol. The summed E-state index contributed by atoms with van der Waals surface area (Å²) >= 11 is 0. The Morgan fingerprint density at radius 1 is 0.680 bits per heavy atom. The van der Waals surface area contributed by atoms with Crippen LogP contribution in [0.15, 0.2) is 65.7 Å². The number of nitrogen functional groups attached to an aromatic ring is 1. The van der Waals surface area contributed by atoms with E-state index in [-0.39, 0.29) is 25.3 Å². The number of unbranched alkanes of at least 4 members (excludes halogenated alkanes) is 19. The quantitative estimate of drug-likeness (QED) is 0.0153. The van der Waals surface area contributed by atoms with Gasteiger partial charge in [-0.3, -0.25) is 23.2 Å². The monoisotopic (exact) mass is 1100 g/mol. The van der Waals surface area contributed by atoms with Crippen molar-refractivity contribution in [2.75, 3.05) is 32.2 Å². The van der Waals surface area contributed by atoms with Gasteiger partial charge in [0.15, 0.2) is 12.3 Å². The van der Waals surface area contributed by atoms with Gasteiger partial charge in [-0.05, 0) is 69.8 Å². The molecule has 0 bridgehead atoms. The molecular formula is C54H93N3O16P2. The normalized spacial score (nSPS) is 19.2. The maximum atomic E-state index is 12.9. The number of hydrogen-bond acceptors (Lipinski definition) is 16. The largest absolute Gasteiger partial charge is 0.481 e. The Kier molecular flexibility index (Phi) is 37.7. The fourth-order valence-electron chi connectivity index (χ4n) is 8.12. The molecule has 0 spiro atoms. The molecule has 7 atom stereocenters. The summed E-state index contributed by atoms with van der Waals surface area (Å²) in [5, 5.41) is 29.8. The van der Waals surface area contributed by atoms with Gasteiger partial charge in [0, 0.05) is 25.6 Å². The van der Waals surface area contributed by atoms with Crippen LogP contribution in [0.1, 0.15) is 200 Å². The number of hydrogen-bond donors (Lipinski definition) is 6. The van der Waals surface area contributed by atoms with Crippen LogP contribution in [0.5, 0.6) is 0 Å². The summed E-state index contributed by atoms with van der Waals surface area (Å²) in [4.78, 5) is 62.0. The molecule has 0 aliphatic carbocycles. The number of rotatable bonds is 46. The van der Waals surface area contributed by atoms with Crippen LogP contribution in [0, 0.1) is 5.92 Å². The molecule has 2 rings (SSSR count). The summed E-state index contributed by atoms with van der Waals surface area (Å²) in [6.07, 6.45) is 37.8. The smallest absolute Gasteiger partial charge is 0.462 e. The van der Waals surface area contributed by atoms with Crippen LogP contribution in [0.25, 0.3) is 0 Å². The standard InChI is InChI=1S/C54H93N3O16P2/c1-45(2)36-32-28-24-20-16-12-8-5-6-10-14-18-22-26-30-34-38-50(60)71-46(42-68-49(59)37-33-29-25-21-17-13-9-4-3-7-11-15-19-23-27-31-35-41-58)43-69-74(64,65)73-75(66,67)70-44-47-51(61)52(62)53(72-47)57-40-39-48(55)56-54(57)63/h3,7,9,13,15,19,21,25,39-40,45-47,51-53,58,61-62H,4-6,8,10-12,14,16-18,20,22-24,26-38,41-44H2,1-2H3,(H,64,65)(H,66,67)(H2,55,56,63)/b7-3-,13-9-,19-15-,25-21-/t46-,47-,51-,52-,53-/m1/s1. The number of ether oxygens (including phenoxy) is 3. The van der Waals surface area contributed by atoms with Crippen molar-refractivity contribution < 1.29 is 71.4 Å². The van der Waals surface area contributed by atoms with Gasteiger partial charge >= 0.3 is 33.3 Å². The third-order valence-electron chi connectivity index (χ3n) is 12.4. The van der Waals surface area contributed by atoms with Crippen molar-refractivity contribution in [3.63, 3.8) is 0 Å². The highest BCUT2D eigenvalue weighted by molar-refractivity contribution is 7.61. The van der Waals surface area contributed by atoms with E-state index in [2.05, 4.69) is 59.6 Å². The van der Waals surface area contributed by atoms with Crippen molar-refractivity contribution in [1.82, 2.24) is 9.55 Å². The highest BCUT2D eigenvalue weighted by Gasteiger charge is 2.46. The number of phosphoric ester groups is 2. The zero-order valence-corrected chi connectivity index (χ0v) is 46.7. The first-order valence-electron chi connectivity index (χ1n) is 27.6. The van der Waals surface area contributed by atoms with E-state index in [9.17, 15) is 43.5 Å². The minimum atomic E-state index is -5.44. The molecule has 1 fully saturated rings. The maximum Gasteiger partial charge on any atom is 0.481 e. The van der Waals surface area contributed by atoms with E-state index in [0.717, 1.165) is 87.3 Å². The van der Waals surface area contributed by atoms with E-state index < -0.39 is 83.7 Å². The Labute approximate surface area is 446 Å². The first kappa shape index (κ1) is 67.8. The Bertz CT molecular complexity index is 1960. The minimum absolute atomic E-state index is 0.0348. The molecule has 75 heavy (non-hydrogen) atoms. The predicted octanol–water partition coefficient (Wildman–Crippen LogP) is 10.9. The van der Waals surface area contributed by atoms with Crippen molar-refractivity contribution in [1.29, 1.82) is 0 Å². The fourth-order valence-corrected chi connectivity index (χ4v) is 10.2. The van der Waals surface area contributed by atoms with Crippen LogP contribution in [0.3, 0.4) is 0 Å². The maximum absolute atomic E-state index is 12.9. The summed E-state index contributed by atoms with van der Waals surface area (Å²) in [5.74, 6) is -0.570. The second kappa shape index (κ2) is 41.7. The van der Waals surface area contributed by atoms with Crippen LogP contribution in [-0.2, 0) is 46.3 Å². The number of carbonyl (C=O) groups excluding carboxylic acids is 2. The highest BCUT2D eigenvalue weighted by atomic mass is 31.3. The molecule has 1 saturated heterocycles. The van der Waals surface area contributed by atoms with Crippen molar-refractivity contribution in [3.8, 4) is 0 Å². The van der Waals surface area contributed by atoms with Gasteiger partial charge in [0.2, 0.25) is 0 Å². The van der Waals surface area contributed by atoms with Gasteiger partial charge in [-0.2, -0.15) is 9.29 Å². The third kappa shape index (κ3) is 34.9. The Hall–Kier alpha value is -3.32. The summed E-state index contributed by atoms with van der Waals surface area (Å²) in [5.41, 5.74) is 4.59. The number of aromatic nitrogens is 2. The van der Waals surface area contributed by atoms with E-state index in [4.69, 9.17) is 34.1 Å². The second-order valence-electron chi connectivity index (χ2n) is 19.6. The van der Waals surface area contributed by atoms with Gasteiger partial charge in [-0.15, -0.1) is 0 Å². The van der Waals surface area contributed by atoms with Gasteiger partial charge in [0.25, 0.3) is 0 Å². The molecule has 2 unspecified atom stereocenters. The van der Waals surface area contributed by atoms with Crippen LogP contribution in [0.4, 0.5) is 5.82 Å². The number of anilines is 1. The van der Waals surface area contributed by atoms with Crippen LogP contribution < -0.4 is 11.4 Å². The Morgan fingerprint density at radius 2 is 1.17 bits per heavy atom. The molecule has 21 heteroatoms. The number of aliphatic hydroxyl groups is 3. The number of esters is 2. The van der Waals surface area contributed by atoms with Crippen molar-refractivity contribution in [2.45, 2.75) is 224 Å². The SMILES string of the molecule is CC(C)CCCCCCCCCCCCCCCCCCC(=O)O[C@H](COC(=O)CCC/C=C\C/C=C\C/C=C\C/C=C\CCCCCO)COP(=O)(O)OP(=O)(O)OC[C@H]1O[C@@H](n2ccc(N)nc2=O)[C@H](O)[C@@H]1O. The molecule has 1 aromatic rings. The minimum Gasteiger partial charge on any atom is -0.462 e. The number of phosphoric acid groups is 2. The summed E-state index contributed by atoms with van der Waals surface area (Å²) in [6, 6.07) is 1.24. The molecular weight excluding hydrogens is 1010 g/mol. The third-order valence-corrected chi connectivity index (χ3v) is 15.0. The molecule has 430 valence electrons. The Balaban J connectivity index is 1.79. The first-order chi connectivity index (χ1) is 36.0. The summed E-state index contributed by atoms with van der Waals surface area (Å²) in [6.45, 7) is 2.46. The van der Waals surface area contributed by atoms with Crippen molar-refractivity contribution >= 4 is 33.4 Å². The molecule has 0 aromatic carbocycles. The lowest BCUT2D eigenvalue weighted by atomic mass is 10.0. The van der Waals surface area contributed by atoms with Gasteiger partial charge in [-0.1, -0.05) is 172 Å². The Morgan fingerprint density at radius 3 is 1.72 bits per heavy atom. The van der Waals surface area contributed by atoms with Crippen molar-refractivity contribution in [2.24, 2.45) is 5.92 Å².